The summed E-state index contributed by atoms with van der Waals surface area (Å²) in [6.45, 7) is 13.9. The number of pyridine rings is 1. The number of carbonyl (C=O) groups excluding carboxylic acids is 1. The molecule has 4 nitrogen and oxygen atoms in total. The van der Waals surface area contributed by atoms with Crippen molar-refractivity contribution in [1.82, 2.24) is 5.32 Å². The zero-order chi connectivity index (χ0) is 26.9. The quantitative estimate of drug-likeness (QED) is 0.162. The highest BCUT2D eigenvalue weighted by molar-refractivity contribution is 5.69. The number of allylic oxidation sites excluding steroid dienone is 1. The minimum Gasteiger partial charge on any atom is -0.450 e. The predicted octanol–water partition coefficient (Wildman–Crippen LogP) is 8.52. The standard InChI is InChI=1S/C33H50N2O2/c1-6-20-31-23-15-17-25-35(31)24-16-13-11-9-7-8-10-12-14-18-26-37-32(36)34-33(4,5)30-22-19-21-29(27-30)28(2)3/h15,17,19,21-23,25,27H,2,6-14,16,18,20,24,26H2,1,3-5H3/p+1. The summed E-state index contributed by atoms with van der Waals surface area (Å²) in [6.07, 6.45) is 16.7. The molecule has 0 saturated heterocycles. The fraction of sp³-hybridized carbons (Fsp3) is 0.576. The van der Waals surface area contributed by atoms with Crippen molar-refractivity contribution >= 4 is 11.7 Å². The van der Waals surface area contributed by atoms with Crippen LogP contribution in [0.5, 0.6) is 0 Å². The number of aromatic nitrogens is 1. The van der Waals surface area contributed by atoms with E-state index in [2.05, 4.69) is 53.8 Å². The lowest BCUT2D eigenvalue weighted by molar-refractivity contribution is -0.704. The van der Waals surface area contributed by atoms with Gasteiger partial charge in [0.05, 0.1) is 12.1 Å². The maximum absolute atomic E-state index is 12.3. The van der Waals surface area contributed by atoms with Crippen molar-refractivity contribution in [1.29, 1.82) is 0 Å². The van der Waals surface area contributed by atoms with Crippen LogP contribution in [0.4, 0.5) is 4.79 Å². The third-order valence-electron chi connectivity index (χ3n) is 7.06. The molecule has 0 radical (unpaired) electrons. The van der Waals surface area contributed by atoms with E-state index in [4.69, 9.17) is 4.74 Å². The van der Waals surface area contributed by atoms with Crippen molar-refractivity contribution in [3.8, 4) is 0 Å². The molecule has 0 aliphatic carbocycles. The molecule has 1 amide bonds. The predicted molar refractivity (Wildman–Crippen MR) is 155 cm³/mol. The maximum atomic E-state index is 12.3. The zero-order valence-corrected chi connectivity index (χ0v) is 24.0. The molecule has 37 heavy (non-hydrogen) atoms. The number of hydrogen-bond acceptors (Lipinski definition) is 2. The lowest BCUT2D eigenvalue weighted by Crippen LogP contribution is -2.41. The molecular weight excluding hydrogens is 456 g/mol. The van der Waals surface area contributed by atoms with Crippen LogP contribution in [0.15, 0.2) is 55.2 Å². The highest BCUT2D eigenvalue weighted by atomic mass is 16.5. The summed E-state index contributed by atoms with van der Waals surface area (Å²) in [4.78, 5) is 12.3. The number of aryl methyl sites for hydroxylation is 2. The molecule has 2 aromatic rings. The van der Waals surface area contributed by atoms with Gasteiger partial charge in [-0.3, -0.25) is 0 Å². The van der Waals surface area contributed by atoms with Crippen LogP contribution in [-0.2, 0) is 23.2 Å². The van der Waals surface area contributed by atoms with Crippen molar-refractivity contribution in [3.05, 3.63) is 72.1 Å². The van der Waals surface area contributed by atoms with Gasteiger partial charge in [-0.05, 0) is 57.2 Å². The summed E-state index contributed by atoms with van der Waals surface area (Å²) in [6, 6.07) is 14.7. The van der Waals surface area contributed by atoms with Gasteiger partial charge < -0.3 is 10.1 Å². The van der Waals surface area contributed by atoms with Crippen LogP contribution in [0.25, 0.3) is 5.57 Å². The number of amides is 1. The minimum atomic E-state index is -0.499. The van der Waals surface area contributed by atoms with E-state index in [0.29, 0.717) is 6.61 Å². The van der Waals surface area contributed by atoms with Crippen molar-refractivity contribution in [2.24, 2.45) is 0 Å². The van der Waals surface area contributed by atoms with Crippen molar-refractivity contribution in [2.75, 3.05) is 6.61 Å². The average Bonchev–Trinajstić information content (AvgIpc) is 2.87. The number of nitrogens with zero attached hydrogens (tertiary/aromatic N) is 1. The fourth-order valence-corrected chi connectivity index (χ4v) is 4.71. The summed E-state index contributed by atoms with van der Waals surface area (Å²) in [7, 11) is 0. The smallest absolute Gasteiger partial charge is 0.407 e. The molecule has 0 saturated carbocycles. The third-order valence-corrected chi connectivity index (χ3v) is 7.06. The average molecular weight is 508 g/mol. The Labute approximate surface area is 226 Å². The molecule has 0 bridgehead atoms. The molecule has 0 atom stereocenters. The Bertz CT molecular complexity index is 951. The molecule has 2 rings (SSSR count). The number of carbonyl (C=O) groups is 1. The molecule has 0 spiro atoms. The van der Waals surface area contributed by atoms with Gasteiger partial charge in [0.15, 0.2) is 11.9 Å². The molecule has 204 valence electrons. The summed E-state index contributed by atoms with van der Waals surface area (Å²) in [5.74, 6) is 0. The van der Waals surface area contributed by atoms with Crippen LogP contribution in [0.1, 0.15) is 115 Å². The Morgan fingerprint density at radius 2 is 1.57 bits per heavy atom. The van der Waals surface area contributed by atoms with Crippen LogP contribution < -0.4 is 9.88 Å². The van der Waals surface area contributed by atoms with Gasteiger partial charge in [0.25, 0.3) is 0 Å². The van der Waals surface area contributed by atoms with E-state index in [1.54, 1.807) is 0 Å². The normalized spacial score (nSPS) is 11.4. The molecule has 4 heteroatoms. The first-order valence-electron chi connectivity index (χ1n) is 14.5. The number of benzene rings is 1. The van der Waals surface area contributed by atoms with Crippen LogP contribution in [0.3, 0.4) is 0 Å². The van der Waals surface area contributed by atoms with Gasteiger partial charge in [-0.2, -0.15) is 0 Å². The first-order valence-corrected chi connectivity index (χ1v) is 14.5. The monoisotopic (exact) mass is 507 g/mol. The number of unbranched alkanes of at least 4 members (excludes halogenated alkanes) is 9. The van der Waals surface area contributed by atoms with Crippen molar-refractivity contribution in [3.63, 3.8) is 0 Å². The molecule has 1 heterocycles. The molecular formula is C33H51N2O2+. The molecule has 0 unspecified atom stereocenters. The molecule has 1 aromatic carbocycles. The van der Waals surface area contributed by atoms with Gasteiger partial charge in [-0.25, -0.2) is 9.36 Å². The second kappa shape index (κ2) is 17.0. The second-order valence-electron chi connectivity index (χ2n) is 10.9. The number of nitrogens with one attached hydrogen (secondary N) is 1. The van der Waals surface area contributed by atoms with Gasteiger partial charge in [0.2, 0.25) is 0 Å². The molecule has 1 N–H and O–H groups in total. The van der Waals surface area contributed by atoms with Gasteiger partial charge >= 0.3 is 6.09 Å². The van der Waals surface area contributed by atoms with Crippen molar-refractivity contribution in [2.45, 2.75) is 117 Å². The highest BCUT2D eigenvalue weighted by Gasteiger charge is 2.23. The maximum Gasteiger partial charge on any atom is 0.407 e. The molecule has 0 aliphatic heterocycles. The Kier molecular flexibility index (Phi) is 14.1. The van der Waals surface area contributed by atoms with E-state index in [1.165, 1.54) is 69.9 Å². The second-order valence-corrected chi connectivity index (χ2v) is 10.9. The van der Waals surface area contributed by atoms with Gasteiger partial charge in [0.1, 0.15) is 6.54 Å². The highest BCUT2D eigenvalue weighted by Crippen LogP contribution is 2.23. The summed E-state index contributed by atoms with van der Waals surface area (Å²) >= 11 is 0. The molecule has 0 aliphatic rings. The lowest BCUT2D eigenvalue weighted by atomic mass is 9.92. The summed E-state index contributed by atoms with van der Waals surface area (Å²) in [5, 5.41) is 3.00. The fourth-order valence-electron chi connectivity index (χ4n) is 4.71. The Morgan fingerprint density at radius 3 is 2.22 bits per heavy atom. The minimum absolute atomic E-state index is 0.349. The first kappa shape index (κ1) is 30.6. The van der Waals surface area contributed by atoms with Gasteiger partial charge in [-0.15, -0.1) is 0 Å². The third kappa shape index (κ3) is 12.0. The van der Waals surface area contributed by atoms with E-state index in [0.717, 1.165) is 36.1 Å². The lowest BCUT2D eigenvalue weighted by Gasteiger charge is -2.27. The Balaban J connectivity index is 1.46. The van der Waals surface area contributed by atoms with Crippen LogP contribution >= 0.6 is 0 Å². The van der Waals surface area contributed by atoms with Crippen molar-refractivity contribution < 1.29 is 14.1 Å². The zero-order valence-electron chi connectivity index (χ0n) is 24.0. The molecule has 1 aromatic heterocycles. The van der Waals surface area contributed by atoms with Crippen LogP contribution in [0, 0.1) is 0 Å². The molecule has 0 fully saturated rings. The largest absolute Gasteiger partial charge is 0.450 e. The van der Waals surface area contributed by atoms with Gasteiger partial charge in [0, 0.05) is 25.0 Å². The van der Waals surface area contributed by atoms with E-state index in [9.17, 15) is 4.79 Å². The Hall–Kier alpha value is -2.62. The van der Waals surface area contributed by atoms with E-state index in [-0.39, 0.29) is 6.09 Å². The number of hydrogen-bond donors (Lipinski definition) is 1. The SMILES string of the molecule is C=C(C)c1cccc(C(C)(C)NC(=O)OCCCCCCCCCCCC[n+]2ccccc2CCC)c1. The van der Waals surface area contributed by atoms with E-state index in [1.807, 2.05) is 39.0 Å². The summed E-state index contributed by atoms with van der Waals surface area (Å²) < 4.78 is 7.87. The number of ether oxygens (including phenoxy) is 1. The topological polar surface area (TPSA) is 42.2 Å². The Morgan fingerprint density at radius 1 is 0.919 bits per heavy atom. The van der Waals surface area contributed by atoms with E-state index < -0.39 is 5.54 Å². The number of rotatable bonds is 18. The van der Waals surface area contributed by atoms with Crippen LogP contribution in [0.2, 0.25) is 0 Å². The van der Waals surface area contributed by atoms with E-state index >= 15 is 0 Å². The summed E-state index contributed by atoms with van der Waals surface area (Å²) in [5.41, 5.74) is 4.11. The first-order chi connectivity index (χ1) is 17.8. The number of alkyl carbamates (subject to hydrolysis) is 1. The van der Waals surface area contributed by atoms with Crippen LogP contribution in [-0.4, -0.2) is 12.7 Å². The van der Waals surface area contributed by atoms with Gasteiger partial charge in [-0.1, -0.05) is 88.3 Å².